The summed E-state index contributed by atoms with van der Waals surface area (Å²) in [6, 6.07) is 8.71. The molecule has 2 aromatic heterocycles. The molecule has 8 nitrogen and oxygen atoms in total. The molecule has 1 aliphatic heterocycles. The molecule has 0 unspecified atom stereocenters. The first-order chi connectivity index (χ1) is 13.7. The molecule has 1 fully saturated rings. The number of hydrazine groups is 1. The molecular formula is C19H21N5O3S. The van der Waals surface area contributed by atoms with E-state index in [9.17, 15) is 9.59 Å². The normalized spacial score (nSPS) is 15.5. The fraction of sp³-hybridized carbons (Fsp3) is 0.316. The molecule has 1 saturated heterocycles. The van der Waals surface area contributed by atoms with E-state index in [1.54, 1.807) is 4.90 Å². The van der Waals surface area contributed by atoms with E-state index >= 15 is 0 Å². The highest BCUT2D eigenvalue weighted by atomic mass is 32.1. The van der Waals surface area contributed by atoms with Gasteiger partial charge in [0.1, 0.15) is 6.04 Å². The lowest BCUT2D eigenvalue weighted by molar-refractivity contribution is -0.138. The van der Waals surface area contributed by atoms with Crippen molar-refractivity contribution in [3.63, 3.8) is 0 Å². The topological polar surface area (TPSA) is 88.0 Å². The van der Waals surface area contributed by atoms with Gasteiger partial charge in [-0.2, -0.15) is 0 Å². The number of imidazole rings is 1. The summed E-state index contributed by atoms with van der Waals surface area (Å²) in [7, 11) is 0. The number of nitrogens with one attached hydrogen (secondary N) is 2. The third-order valence-electron chi connectivity index (χ3n) is 4.54. The van der Waals surface area contributed by atoms with Gasteiger partial charge in [0.2, 0.25) is 11.8 Å². The molecule has 0 radical (unpaired) electrons. The lowest BCUT2D eigenvalue weighted by Gasteiger charge is -2.31. The van der Waals surface area contributed by atoms with Crippen LogP contribution in [0.2, 0.25) is 0 Å². The monoisotopic (exact) mass is 399 g/mol. The summed E-state index contributed by atoms with van der Waals surface area (Å²) in [6.07, 6.45) is 3.87. The molecule has 4 rings (SSSR count). The Morgan fingerprint density at radius 1 is 1.21 bits per heavy atom. The van der Waals surface area contributed by atoms with Crippen LogP contribution in [0.1, 0.15) is 17.3 Å². The van der Waals surface area contributed by atoms with Gasteiger partial charge in [-0.3, -0.25) is 19.4 Å². The molecule has 28 heavy (non-hydrogen) atoms. The molecule has 1 aliphatic rings. The lowest BCUT2D eigenvalue weighted by atomic mass is 10.1. The molecule has 2 amide bonds. The van der Waals surface area contributed by atoms with Crippen LogP contribution < -0.4 is 10.9 Å². The smallest absolute Gasteiger partial charge is 0.246 e. The summed E-state index contributed by atoms with van der Waals surface area (Å²) < 4.78 is 7.21. The minimum absolute atomic E-state index is 0.0858. The van der Waals surface area contributed by atoms with Gasteiger partial charge in [0.25, 0.3) is 0 Å². The van der Waals surface area contributed by atoms with Crippen molar-refractivity contribution < 1.29 is 14.3 Å². The number of hydrogen-bond donors (Lipinski definition) is 2. The molecule has 0 aliphatic carbocycles. The number of morpholine rings is 1. The summed E-state index contributed by atoms with van der Waals surface area (Å²) in [5.74, 6) is -0.334. The van der Waals surface area contributed by atoms with Crippen LogP contribution >= 0.6 is 11.3 Å². The number of carbonyl (C=O) groups excluding carboxylic acids is 2. The average Bonchev–Trinajstić information content (AvgIpc) is 3.31. The van der Waals surface area contributed by atoms with E-state index in [0.29, 0.717) is 32.0 Å². The second-order valence-electron chi connectivity index (χ2n) is 6.48. The summed E-state index contributed by atoms with van der Waals surface area (Å²) >= 11 is 1.51. The SMILES string of the molecule is O=C(Cc1cn2ccsc2n1)NN[C@@H](C(=O)N1CCOCC1)c1ccccc1. The highest BCUT2D eigenvalue weighted by molar-refractivity contribution is 7.15. The molecule has 2 N–H and O–H groups in total. The van der Waals surface area contributed by atoms with Gasteiger partial charge in [0, 0.05) is 30.9 Å². The zero-order chi connectivity index (χ0) is 19.3. The Morgan fingerprint density at radius 3 is 2.75 bits per heavy atom. The van der Waals surface area contributed by atoms with Crippen molar-refractivity contribution in [1.82, 2.24) is 25.1 Å². The number of hydrogen-bond acceptors (Lipinski definition) is 6. The molecule has 3 heterocycles. The second kappa shape index (κ2) is 8.51. The van der Waals surface area contributed by atoms with Crippen molar-refractivity contribution in [2.75, 3.05) is 26.3 Å². The fourth-order valence-corrected chi connectivity index (χ4v) is 3.84. The van der Waals surface area contributed by atoms with E-state index < -0.39 is 6.04 Å². The second-order valence-corrected chi connectivity index (χ2v) is 7.35. The minimum atomic E-state index is -0.659. The van der Waals surface area contributed by atoms with E-state index in [4.69, 9.17) is 4.74 Å². The number of ether oxygens (including phenoxy) is 1. The van der Waals surface area contributed by atoms with Gasteiger partial charge < -0.3 is 9.64 Å². The van der Waals surface area contributed by atoms with Gasteiger partial charge in [-0.25, -0.2) is 10.4 Å². The third-order valence-corrected chi connectivity index (χ3v) is 5.31. The van der Waals surface area contributed by atoms with Crippen LogP contribution in [0.5, 0.6) is 0 Å². The summed E-state index contributed by atoms with van der Waals surface area (Å²) in [6.45, 7) is 2.14. The molecule has 3 aromatic rings. The van der Waals surface area contributed by atoms with Crippen molar-refractivity contribution in [3.05, 3.63) is 59.4 Å². The van der Waals surface area contributed by atoms with Crippen molar-refractivity contribution in [3.8, 4) is 0 Å². The quantitative estimate of drug-likeness (QED) is 0.608. The number of nitrogens with zero attached hydrogens (tertiary/aromatic N) is 3. The predicted octanol–water partition coefficient (Wildman–Crippen LogP) is 1.16. The first kappa shape index (κ1) is 18.6. The number of aromatic nitrogens is 2. The third kappa shape index (κ3) is 4.22. The summed E-state index contributed by atoms with van der Waals surface area (Å²) in [5, 5.41) is 1.94. The minimum Gasteiger partial charge on any atom is -0.378 e. The van der Waals surface area contributed by atoms with Crippen molar-refractivity contribution in [1.29, 1.82) is 0 Å². The maximum Gasteiger partial charge on any atom is 0.246 e. The molecule has 0 saturated carbocycles. The Hall–Kier alpha value is -2.75. The molecule has 0 bridgehead atoms. The maximum atomic E-state index is 13.0. The average molecular weight is 399 g/mol. The Labute approximate surface area is 166 Å². The van der Waals surface area contributed by atoms with Gasteiger partial charge in [-0.15, -0.1) is 11.3 Å². The lowest BCUT2D eigenvalue weighted by Crippen LogP contribution is -2.50. The summed E-state index contributed by atoms with van der Waals surface area (Å²) in [4.78, 5) is 32.4. The standard InChI is InChI=1S/C19H21N5O3S/c25-16(12-15-13-24-8-11-28-19(24)20-15)21-22-17(14-4-2-1-3-5-14)18(26)23-6-9-27-10-7-23/h1-5,8,11,13,17,22H,6-7,9-10,12H2,(H,21,25)/t17-/m1/s1. The number of thiazole rings is 1. The molecule has 1 aromatic carbocycles. The molecule has 0 spiro atoms. The Kier molecular flexibility index (Phi) is 5.65. The molecular weight excluding hydrogens is 378 g/mol. The van der Waals surface area contributed by atoms with Gasteiger partial charge in [-0.1, -0.05) is 30.3 Å². The van der Waals surface area contributed by atoms with Crippen LogP contribution in [0.25, 0.3) is 4.96 Å². The Balaban J connectivity index is 1.42. The maximum absolute atomic E-state index is 13.0. The molecule has 9 heteroatoms. The van der Waals surface area contributed by atoms with E-state index in [1.807, 2.05) is 52.5 Å². The van der Waals surface area contributed by atoms with Gasteiger partial charge in [-0.05, 0) is 5.56 Å². The van der Waals surface area contributed by atoms with Gasteiger partial charge in [0.15, 0.2) is 4.96 Å². The first-order valence-corrected chi connectivity index (χ1v) is 9.95. The van der Waals surface area contributed by atoms with Crippen LogP contribution in [-0.2, 0) is 20.7 Å². The van der Waals surface area contributed by atoms with Gasteiger partial charge >= 0.3 is 0 Å². The highest BCUT2D eigenvalue weighted by Gasteiger charge is 2.27. The first-order valence-electron chi connectivity index (χ1n) is 9.07. The van der Waals surface area contributed by atoms with Crippen molar-refractivity contribution in [2.45, 2.75) is 12.5 Å². The van der Waals surface area contributed by atoms with Crippen molar-refractivity contribution >= 4 is 28.1 Å². The van der Waals surface area contributed by atoms with Crippen LogP contribution in [0.15, 0.2) is 48.1 Å². The largest absolute Gasteiger partial charge is 0.378 e. The number of rotatable bonds is 6. The zero-order valence-corrected chi connectivity index (χ0v) is 16.0. The van der Waals surface area contributed by atoms with Crippen LogP contribution in [0, 0.1) is 0 Å². The summed E-state index contributed by atoms with van der Waals surface area (Å²) in [5.41, 5.74) is 7.07. The molecule has 146 valence electrons. The van der Waals surface area contributed by atoms with Crippen LogP contribution in [0.4, 0.5) is 0 Å². The van der Waals surface area contributed by atoms with Crippen LogP contribution in [-0.4, -0.2) is 52.4 Å². The number of amides is 2. The Bertz CT molecular complexity index is 920. The number of fused-ring (bicyclic) bond motifs is 1. The van der Waals surface area contributed by atoms with E-state index in [2.05, 4.69) is 15.8 Å². The van der Waals surface area contributed by atoms with Crippen molar-refractivity contribution in [2.24, 2.45) is 0 Å². The highest BCUT2D eigenvalue weighted by Crippen LogP contribution is 2.16. The molecule has 1 atom stereocenters. The fourth-order valence-electron chi connectivity index (χ4n) is 3.12. The number of benzene rings is 1. The van der Waals surface area contributed by atoms with Crippen LogP contribution in [0.3, 0.4) is 0 Å². The van der Waals surface area contributed by atoms with Gasteiger partial charge in [0.05, 0.1) is 25.3 Å². The predicted molar refractivity (Wildman–Crippen MR) is 105 cm³/mol. The van der Waals surface area contributed by atoms with E-state index in [0.717, 1.165) is 10.5 Å². The number of carbonyl (C=O) groups is 2. The van der Waals surface area contributed by atoms with E-state index in [1.165, 1.54) is 11.3 Å². The Morgan fingerprint density at radius 2 is 2.00 bits per heavy atom. The van der Waals surface area contributed by atoms with E-state index in [-0.39, 0.29) is 18.2 Å². The zero-order valence-electron chi connectivity index (χ0n) is 15.2.